The van der Waals surface area contributed by atoms with E-state index in [1.165, 1.54) is 49.7 Å². The van der Waals surface area contributed by atoms with Crippen LogP contribution in [0.3, 0.4) is 0 Å². The van der Waals surface area contributed by atoms with Crippen LogP contribution in [0.15, 0.2) is 18.2 Å². The lowest BCUT2D eigenvalue weighted by atomic mass is 9.74. The standard InChI is InChI=1S/C15H21N/c1-12-6-5-7-13-11-16-15(10-14(12)13)8-3-2-4-9-15/h5-7,16H,2-4,8-11H2,1H3. The van der Waals surface area contributed by atoms with E-state index >= 15 is 0 Å². The van der Waals surface area contributed by atoms with E-state index < -0.39 is 0 Å². The van der Waals surface area contributed by atoms with E-state index in [1.54, 1.807) is 5.56 Å². The zero-order valence-electron chi connectivity index (χ0n) is 10.2. The van der Waals surface area contributed by atoms with Crippen LogP contribution in [0, 0.1) is 6.92 Å². The minimum Gasteiger partial charge on any atom is -0.307 e. The van der Waals surface area contributed by atoms with Gasteiger partial charge in [-0.2, -0.15) is 0 Å². The quantitative estimate of drug-likeness (QED) is 0.700. The molecule has 1 heterocycles. The van der Waals surface area contributed by atoms with Gasteiger partial charge in [0.25, 0.3) is 0 Å². The molecule has 0 unspecified atom stereocenters. The Morgan fingerprint density at radius 2 is 1.94 bits per heavy atom. The van der Waals surface area contributed by atoms with Gasteiger partial charge in [0.1, 0.15) is 0 Å². The predicted octanol–water partition coefficient (Wildman–Crippen LogP) is 3.34. The fraction of sp³-hybridized carbons (Fsp3) is 0.600. The van der Waals surface area contributed by atoms with E-state index in [1.807, 2.05) is 0 Å². The largest absolute Gasteiger partial charge is 0.307 e. The molecule has 1 heteroatoms. The minimum atomic E-state index is 0.442. The summed E-state index contributed by atoms with van der Waals surface area (Å²) in [5, 5.41) is 3.82. The van der Waals surface area contributed by atoms with E-state index in [2.05, 4.69) is 30.4 Å². The molecule has 0 aromatic heterocycles. The Bertz CT molecular complexity index is 388. The highest BCUT2D eigenvalue weighted by molar-refractivity contribution is 5.38. The van der Waals surface area contributed by atoms with Crippen LogP contribution in [-0.4, -0.2) is 5.54 Å². The van der Waals surface area contributed by atoms with Crippen molar-refractivity contribution in [3.63, 3.8) is 0 Å². The molecule has 16 heavy (non-hydrogen) atoms. The molecule has 1 aliphatic heterocycles. The van der Waals surface area contributed by atoms with Crippen molar-refractivity contribution in [1.82, 2.24) is 5.32 Å². The molecule has 0 amide bonds. The molecule has 1 spiro atoms. The van der Waals surface area contributed by atoms with Crippen molar-refractivity contribution in [3.05, 3.63) is 34.9 Å². The lowest BCUT2D eigenvalue weighted by Crippen LogP contribution is -2.51. The second-order valence-electron chi connectivity index (χ2n) is 5.58. The molecule has 2 aliphatic rings. The van der Waals surface area contributed by atoms with E-state index in [0.717, 1.165) is 6.54 Å². The Morgan fingerprint density at radius 1 is 1.12 bits per heavy atom. The Balaban J connectivity index is 1.92. The van der Waals surface area contributed by atoms with E-state index in [-0.39, 0.29) is 0 Å². The smallest absolute Gasteiger partial charge is 0.0225 e. The molecule has 1 N–H and O–H groups in total. The minimum absolute atomic E-state index is 0.442. The molecule has 1 aliphatic carbocycles. The van der Waals surface area contributed by atoms with Gasteiger partial charge < -0.3 is 5.32 Å². The van der Waals surface area contributed by atoms with Crippen molar-refractivity contribution in [3.8, 4) is 0 Å². The number of aryl methyl sites for hydroxylation is 1. The van der Waals surface area contributed by atoms with Crippen molar-refractivity contribution < 1.29 is 0 Å². The Morgan fingerprint density at radius 3 is 2.75 bits per heavy atom. The van der Waals surface area contributed by atoms with Crippen molar-refractivity contribution in [2.24, 2.45) is 0 Å². The molecule has 0 bridgehead atoms. The molecule has 3 rings (SSSR count). The summed E-state index contributed by atoms with van der Waals surface area (Å²) in [4.78, 5) is 0. The number of hydrogen-bond donors (Lipinski definition) is 1. The summed E-state index contributed by atoms with van der Waals surface area (Å²) < 4.78 is 0. The van der Waals surface area contributed by atoms with Crippen LogP contribution in [0.25, 0.3) is 0 Å². The number of benzene rings is 1. The zero-order chi connectivity index (χ0) is 11.0. The first-order valence-electron chi connectivity index (χ1n) is 6.62. The maximum atomic E-state index is 3.82. The van der Waals surface area contributed by atoms with E-state index in [4.69, 9.17) is 0 Å². The molecule has 86 valence electrons. The van der Waals surface area contributed by atoms with Crippen LogP contribution in [0.2, 0.25) is 0 Å². The fourth-order valence-corrected chi connectivity index (χ4v) is 3.45. The third-order valence-corrected chi connectivity index (χ3v) is 4.49. The van der Waals surface area contributed by atoms with Crippen LogP contribution in [0.1, 0.15) is 48.8 Å². The van der Waals surface area contributed by atoms with Gasteiger partial charge in [-0.1, -0.05) is 37.5 Å². The summed E-state index contributed by atoms with van der Waals surface area (Å²) in [6.45, 7) is 3.34. The van der Waals surface area contributed by atoms with Gasteiger partial charge in [0.05, 0.1) is 0 Å². The topological polar surface area (TPSA) is 12.0 Å². The Labute approximate surface area is 98.3 Å². The summed E-state index contributed by atoms with van der Waals surface area (Å²) in [6.07, 6.45) is 8.27. The average molecular weight is 215 g/mol. The summed E-state index contributed by atoms with van der Waals surface area (Å²) >= 11 is 0. The maximum Gasteiger partial charge on any atom is 0.0225 e. The van der Waals surface area contributed by atoms with Crippen LogP contribution >= 0.6 is 0 Å². The Hall–Kier alpha value is -0.820. The maximum absolute atomic E-state index is 3.82. The highest BCUT2D eigenvalue weighted by atomic mass is 15.0. The average Bonchev–Trinajstić information content (AvgIpc) is 2.32. The van der Waals surface area contributed by atoms with Crippen LogP contribution in [0.4, 0.5) is 0 Å². The van der Waals surface area contributed by atoms with Gasteiger partial charge >= 0.3 is 0 Å². The first kappa shape index (κ1) is 10.3. The van der Waals surface area contributed by atoms with Gasteiger partial charge in [-0.05, 0) is 42.9 Å². The SMILES string of the molecule is Cc1cccc2c1CC1(CCCCC1)NC2. The summed E-state index contributed by atoms with van der Waals surface area (Å²) in [6, 6.07) is 6.74. The number of rotatable bonds is 0. The molecule has 0 radical (unpaired) electrons. The van der Waals surface area contributed by atoms with Crippen LogP contribution < -0.4 is 5.32 Å². The molecule has 0 saturated heterocycles. The molecule has 1 nitrogen and oxygen atoms in total. The monoisotopic (exact) mass is 215 g/mol. The molecule has 1 aromatic rings. The summed E-state index contributed by atoms with van der Waals surface area (Å²) in [5.74, 6) is 0. The van der Waals surface area contributed by atoms with Crippen LogP contribution in [0.5, 0.6) is 0 Å². The third kappa shape index (κ3) is 1.67. The van der Waals surface area contributed by atoms with Crippen molar-refractivity contribution in [1.29, 1.82) is 0 Å². The number of nitrogens with one attached hydrogen (secondary N) is 1. The fourth-order valence-electron chi connectivity index (χ4n) is 3.45. The number of hydrogen-bond acceptors (Lipinski definition) is 1. The summed E-state index contributed by atoms with van der Waals surface area (Å²) in [7, 11) is 0. The molecular formula is C15H21N. The third-order valence-electron chi connectivity index (χ3n) is 4.49. The van der Waals surface area contributed by atoms with Crippen LogP contribution in [-0.2, 0) is 13.0 Å². The first-order valence-corrected chi connectivity index (χ1v) is 6.62. The lowest BCUT2D eigenvalue weighted by molar-refractivity contribution is 0.215. The molecule has 1 saturated carbocycles. The van der Waals surface area contributed by atoms with Gasteiger partial charge in [0, 0.05) is 12.1 Å². The first-order chi connectivity index (χ1) is 7.79. The van der Waals surface area contributed by atoms with Crippen molar-refractivity contribution in [2.45, 2.75) is 57.5 Å². The van der Waals surface area contributed by atoms with Gasteiger partial charge in [-0.3, -0.25) is 0 Å². The molecule has 0 atom stereocenters. The highest BCUT2D eigenvalue weighted by Gasteiger charge is 2.35. The normalized spacial score (nSPS) is 23.1. The van der Waals surface area contributed by atoms with E-state index in [0.29, 0.717) is 5.54 Å². The Kier molecular flexibility index (Phi) is 2.51. The van der Waals surface area contributed by atoms with Gasteiger partial charge in [0.15, 0.2) is 0 Å². The summed E-state index contributed by atoms with van der Waals surface area (Å²) in [5.41, 5.74) is 5.08. The number of fused-ring (bicyclic) bond motifs is 1. The lowest BCUT2D eigenvalue weighted by Gasteiger charge is -2.42. The molecule has 1 aromatic carbocycles. The van der Waals surface area contributed by atoms with Crippen molar-refractivity contribution in [2.75, 3.05) is 0 Å². The van der Waals surface area contributed by atoms with Gasteiger partial charge in [-0.25, -0.2) is 0 Å². The second-order valence-corrected chi connectivity index (χ2v) is 5.58. The van der Waals surface area contributed by atoms with E-state index in [9.17, 15) is 0 Å². The second kappa shape index (κ2) is 3.89. The predicted molar refractivity (Wildman–Crippen MR) is 67.5 cm³/mol. The highest BCUT2D eigenvalue weighted by Crippen LogP contribution is 2.36. The molecule has 1 fully saturated rings. The van der Waals surface area contributed by atoms with Gasteiger partial charge in [-0.15, -0.1) is 0 Å². The van der Waals surface area contributed by atoms with Gasteiger partial charge in [0.2, 0.25) is 0 Å². The van der Waals surface area contributed by atoms with Crippen molar-refractivity contribution >= 4 is 0 Å². The zero-order valence-corrected chi connectivity index (χ0v) is 10.2. The molecular weight excluding hydrogens is 194 g/mol.